The van der Waals surface area contributed by atoms with Crippen LogP contribution in [0.15, 0.2) is 18.2 Å². The molecule has 1 fully saturated rings. The molecule has 1 aromatic rings. The number of nitrogens with one attached hydrogen (secondary N) is 2. The van der Waals surface area contributed by atoms with Crippen LogP contribution in [0, 0.1) is 0 Å². The molecule has 0 saturated heterocycles. The van der Waals surface area contributed by atoms with Crippen LogP contribution in [0.1, 0.15) is 23.2 Å². The number of para-hydroxylation sites is 1. The highest BCUT2D eigenvalue weighted by atomic mass is 16.5. The van der Waals surface area contributed by atoms with Gasteiger partial charge < -0.3 is 20.5 Å². The summed E-state index contributed by atoms with van der Waals surface area (Å²) in [5.74, 6) is -0.891. The fourth-order valence-electron chi connectivity index (χ4n) is 2.15. The van der Waals surface area contributed by atoms with Gasteiger partial charge in [0.1, 0.15) is 12.1 Å². The molecule has 0 aromatic heterocycles. The quantitative estimate of drug-likeness (QED) is 0.751. The second kappa shape index (κ2) is 4.15. The van der Waals surface area contributed by atoms with Crippen molar-refractivity contribution >= 4 is 17.6 Å². The monoisotopic (exact) mass is 262 g/mol. The van der Waals surface area contributed by atoms with E-state index in [-0.39, 0.29) is 0 Å². The van der Waals surface area contributed by atoms with Crippen molar-refractivity contribution in [3.63, 3.8) is 0 Å². The van der Waals surface area contributed by atoms with Crippen LogP contribution < -0.4 is 15.4 Å². The maximum atomic E-state index is 12.2. The molecule has 0 radical (unpaired) electrons. The number of ether oxygens (including phenoxy) is 1. The van der Waals surface area contributed by atoms with Gasteiger partial charge in [0, 0.05) is 6.54 Å². The largest absolute Gasteiger partial charge is 0.489 e. The number of fused-ring (bicyclic) bond motifs is 1. The van der Waals surface area contributed by atoms with Gasteiger partial charge in [0.2, 0.25) is 0 Å². The second-order valence-corrected chi connectivity index (χ2v) is 4.80. The van der Waals surface area contributed by atoms with Crippen molar-refractivity contribution < 1.29 is 19.4 Å². The Balaban J connectivity index is 1.86. The normalized spacial score (nSPS) is 18.5. The summed E-state index contributed by atoms with van der Waals surface area (Å²) in [7, 11) is 0. The molecule has 19 heavy (non-hydrogen) atoms. The maximum Gasteiger partial charge on any atom is 0.329 e. The van der Waals surface area contributed by atoms with Crippen LogP contribution in [-0.2, 0) is 4.79 Å². The van der Waals surface area contributed by atoms with E-state index in [1.54, 1.807) is 12.1 Å². The van der Waals surface area contributed by atoms with Gasteiger partial charge in [0.05, 0.1) is 11.3 Å². The molecule has 0 bridgehead atoms. The summed E-state index contributed by atoms with van der Waals surface area (Å²) < 4.78 is 5.50. The fourth-order valence-corrected chi connectivity index (χ4v) is 2.15. The first-order chi connectivity index (χ1) is 9.12. The van der Waals surface area contributed by atoms with Crippen molar-refractivity contribution in [1.82, 2.24) is 5.32 Å². The van der Waals surface area contributed by atoms with Crippen LogP contribution in [0.5, 0.6) is 5.75 Å². The van der Waals surface area contributed by atoms with Crippen molar-refractivity contribution in [1.29, 1.82) is 0 Å². The fraction of sp³-hybridized carbons (Fsp3) is 0.385. The standard InChI is InChI=1S/C13H14N2O4/c16-11(15-13(4-5-13)12(17)18)8-2-1-3-9-10(8)19-7-6-14-9/h1-3,14H,4-7H2,(H,15,16)(H,17,18). The predicted molar refractivity (Wildman–Crippen MR) is 67.5 cm³/mol. The first-order valence-electron chi connectivity index (χ1n) is 6.18. The molecule has 1 amide bonds. The van der Waals surface area contributed by atoms with E-state index in [9.17, 15) is 9.59 Å². The lowest BCUT2D eigenvalue weighted by Crippen LogP contribution is -2.43. The molecule has 1 aliphatic heterocycles. The number of amides is 1. The Morgan fingerprint density at radius 3 is 2.84 bits per heavy atom. The summed E-state index contributed by atoms with van der Waals surface area (Å²) >= 11 is 0. The van der Waals surface area contributed by atoms with Crippen LogP contribution in [0.2, 0.25) is 0 Å². The summed E-state index contributed by atoms with van der Waals surface area (Å²) in [4.78, 5) is 23.3. The lowest BCUT2D eigenvalue weighted by molar-refractivity contribution is -0.140. The van der Waals surface area contributed by atoms with Gasteiger partial charge in [-0.25, -0.2) is 4.79 Å². The molecule has 1 heterocycles. The Labute approximate surface area is 109 Å². The smallest absolute Gasteiger partial charge is 0.329 e. The Morgan fingerprint density at radius 2 is 2.16 bits per heavy atom. The highest BCUT2D eigenvalue weighted by Gasteiger charge is 2.51. The van der Waals surface area contributed by atoms with Crippen molar-refractivity contribution in [3.05, 3.63) is 23.8 Å². The lowest BCUT2D eigenvalue weighted by atomic mass is 10.1. The molecule has 1 saturated carbocycles. The molecule has 0 spiro atoms. The van der Waals surface area contributed by atoms with E-state index in [2.05, 4.69) is 10.6 Å². The zero-order valence-corrected chi connectivity index (χ0v) is 10.2. The van der Waals surface area contributed by atoms with Crippen molar-refractivity contribution in [3.8, 4) is 5.75 Å². The molecule has 6 nitrogen and oxygen atoms in total. The van der Waals surface area contributed by atoms with E-state index >= 15 is 0 Å². The number of carbonyl (C=O) groups is 2. The van der Waals surface area contributed by atoms with E-state index in [1.165, 1.54) is 0 Å². The van der Waals surface area contributed by atoms with Gasteiger partial charge in [-0.15, -0.1) is 0 Å². The van der Waals surface area contributed by atoms with Crippen LogP contribution in [0.3, 0.4) is 0 Å². The van der Waals surface area contributed by atoms with Crippen LogP contribution in [-0.4, -0.2) is 35.7 Å². The van der Waals surface area contributed by atoms with Gasteiger partial charge in [-0.1, -0.05) is 6.07 Å². The minimum atomic E-state index is -1.08. The molecule has 2 aliphatic rings. The zero-order valence-electron chi connectivity index (χ0n) is 10.2. The maximum absolute atomic E-state index is 12.2. The molecule has 0 unspecified atom stereocenters. The van der Waals surface area contributed by atoms with Crippen LogP contribution >= 0.6 is 0 Å². The summed E-state index contributed by atoms with van der Waals surface area (Å²) in [6, 6.07) is 5.21. The first kappa shape index (κ1) is 11.8. The number of hydrogen-bond acceptors (Lipinski definition) is 4. The van der Waals surface area contributed by atoms with Crippen molar-refractivity contribution in [2.75, 3.05) is 18.5 Å². The highest BCUT2D eigenvalue weighted by Crippen LogP contribution is 2.37. The Hall–Kier alpha value is -2.24. The van der Waals surface area contributed by atoms with E-state index in [0.29, 0.717) is 37.3 Å². The SMILES string of the molecule is O=C(NC1(C(=O)O)CC1)c1cccc2c1OCCN2. The second-order valence-electron chi connectivity index (χ2n) is 4.80. The van der Waals surface area contributed by atoms with E-state index in [1.807, 2.05) is 6.07 Å². The summed E-state index contributed by atoms with van der Waals surface area (Å²) in [5, 5.41) is 14.8. The zero-order chi connectivity index (χ0) is 13.5. The molecular weight excluding hydrogens is 248 g/mol. The summed E-state index contributed by atoms with van der Waals surface area (Å²) in [6.45, 7) is 1.18. The predicted octanol–water partition coefficient (Wildman–Crippen LogP) is 0.838. The molecular formula is C13H14N2O4. The Morgan fingerprint density at radius 1 is 1.37 bits per heavy atom. The molecule has 1 aliphatic carbocycles. The van der Waals surface area contributed by atoms with Gasteiger partial charge in [-0.3, -0.25) is 4.79 Å². The first-order valence-corrected chi connectivity index (χ1v) is 6.18. The van der Waals surface area contributed by atoms with Crippen LogP contribution in [0.25, 0.3) is 0 Å². The summed E-state index contributed by atoms with van der Waals surface area (Å²) in [5.41, 5.74) is 0.0540. The number of rotatable bonds is 3. The third kappa shape index (κ3) is 1.99. The lowest BCUT2D eigenvalue weighted by Gasteiger charge is -2.22. The Bertz CT molecular complexity index is 552. The van der Waals surface area contributed by atoms with Crippen molar-refractivity contribution in [2.24, 2.45) is 0 Å². The van der Waals surface area contributed by atoms with E-state index < -0.39 is 17.4 Å². The number of aliphatic carboxylic acids is 1. The van der Waals surface area contributed by atoms with Gasteiger partial charge in [-0.05, 0) is 25.0 Å². The number of carboxylic acids is 1. The molecule has 100 valence electrons. The highest BCUT2D eigenvalue weighted by molar-refractivity contribution is 6.02. The average Bonchev–Trinajstić information content (AvgIpc) is 3.19. The third-order valence-corrected chi connectivity index (χ3v) is 3.44. The minimum Gasteiger partial charge on any atom is -0.489 e. The molecule has 6 heteroatoms. The molecule has 3 N–H and O–H groups in total. The topological polar surface area (TPSA) is 87.7 Å². The van der Waals surface area contributed by atoms with Gasteiger partial charge in [0.25, 0.3) is 5.91 Å². The number of anilines is 1. The third-order valence-electron chi connectivity index (χ3n) is 3.44. The van der Waals surface area contributed by atoms with Gasteiger partial charge in [0.15, 0.2) is 5.75 Å². The number of benzene rings is 1. The molecule has 3 rings (SSSR count). The van der Waals surface area contributed by atoms with E-state index in [0.717, 1.165) is 5.69 Å². The van der Waals surface area contributed by atoms with Gasteiger partial charge in [-0.2, -0.15) is 0 Å². The average molecular weight is 262 g/mol. The van der Waals surface area contributed by atoms with Gasteiger partial charge >= 0.3 is 5.97 Å². The van der Waals surface area contributed by atoms with Crippen molar-refractivity contribution in [2.45, 2.75) is 18.4 Å². The number of hydrogen-bond donors (Lipinski definition) is 3. The van der Waals surface area contributed by atoms with Crippen LogP contribution in [0.4, 0.5) is 5.69 Å². The number of carbonyl (C=O) groups excluding carboxylic acids is 1. The summed E-state index contributed by atoms with van der Waals surface area (Å²) in [6.07, 6.45) is 0.949. The minimum absolute atomic E-state index is 0.372. The molecule has 1 aromatic carbocycles. The molecule has 0 atom stereocenters. The number of carboxylic acid groups (broad SMARTS) is 1. The Kier molecular flexibility index (Phi) is 2.58. The van der Waals surface area contributed by atoms with E-state index in [4.69, 9.17) is 9.84 Å².